The van der Waals surface area contributed by atoms with Crippen LogP contribution in [0.3, 0.4) is 0 Å². The summed E-state index contributed by atoms with van der Waals surface area (Å²) in [6.07, 6.45) is 6.71. The topological polar surface area (TPSA) is 57.0 Å². The van der Waals surface area contributed by atoms with E-state index in [-0.39, 0.29) is 6.04 Å². The Bertz CT molecular complexity index is 510. The predicted molar refractivity (Wildman–Crippen MR) is 64.4 cm³/mol. The highest BCUT2D eigenvalue weighted by Gasteiger charge is 2.29. The average molecular weight is 231 g/mol. The molecule has 3 rings (SSSR count). The fourth-order valence-corrected chi connectivity index (χ4v) is 2.15. The van der Waals surface area contributed by atoms with E-state index in [1.54, 1.807) is 0 Å². The number of nitrogens with zero attached hydrogens (tertiary/aromatic N) is 2. The average Bonchev–Trinajstić information content (AvgIpc) is 2.93. The second-order valence-corrected chi connectivity index (χ2v) is 4.91. The molecule has 0 spiro atoms. The summed E-state index contributed by atoms with van der Waals surface area (Å²) in [6.45, 7) is 2.65. The molecule has 0 radical (unpaired) electrons. The monoisotopic (exact) mass is 231 g/mol. The highest BCUT2D eigenvalue weighted by molar-refractivity contribution is 5.18. The molecule has 4 heteroatoms. The molecular weight excluding hydrogens is 214 g/mol. The zero-order valence-electron chi connectivity index (χ0n) is 9.97. The normalized spacial score (nSPS) is 17.3. The molecule has 4 nitrogen and oxygen atoms in total. The summed E-state index contributed by atoms with van der Waals surface area (Å²) >= 11 is 0. The Hall–Kier alpha value is -1.55. The second-order valence-electron chi connectivity index (χ2n) is 4.91. The van der Waals surface area contributed by atoms with E-state index in [1.165, 1.54) is 18.4 Å². The number of nitrogens with two attached hydrogens (primary N) is 1. The quantitative estimate of drug-likeness (QED) is 0.878. The SMILES string of the molecule is Cc1cc(Cn2ccc(C(N)C3CC3)c2)on1. The van der Waals surface area contributed by atoms with Gasteiger partial charge in [0, 0.05) is 24.5 Å². The van der Waals surface area contributed by atoms with Crippen molar-refractivity contribution in [2.24, 2.45) is 11.7 Å². The Balaban J connectivity index is 1.71. The minimum atomic E-state index is 0.202. The Labute approximate surface area is 100 Å². The number of hydrogen-bond acceptors (Lipinski definition) is 3. The van der Waals surface area contributed by atoms with Gasteiger partial charge in [0.25, 0.3) is 0 Å². The van der Waals surface area contributed by atoms with Crippen LogP contribution in [0.1, 0.15) is 35.9 Å². The number of rotatable bonds is 4. The summed E-state index contributed by atoms with van der Waals surface area (Å²) in [5.41, 5.74) is 8.31. The molecule has 1 saturated carbocycles. The maximum Gasteiger partial charge on any atom is 0.156 e. The van der Waals surface area contributed by atoms with Gasteiger partial charge in [-0.15, -0.1) is 0 Å². The molecule has 1 fully saturated rings. The van der Waals surface area contributed by atoms with E-state index in [1.807, 2.05) is 13.0 Å². The van der Waals surface area contributed by atoms with Crippen molar-refractivity contribution in [1.82, 2.24) is 9.72 Å². The van der Waals surface area contributed by atoms with Gasteiger partial charge in [0.05, 0.1) is 12.2 Å². The summed E-state index contributed by atoms with van der Waals surface area (Å²) in [4.78, 5) is 0. The van der Waals surface area contributed by atoms with Gasteiger partial charge in [0.2, 0.25) is 0 Å². The minimum absolute atomic E-state index is 0.202. The minimum Gasteiger partial charge on any atom is -0.359 e. The van der Waals surface area contributed by atoms with Crippen LogP contribution in [-0.2, 0) is 6.54 Å². The van der Waals surface area contributed by atoms with Gasteiger partial charge >= 0.3 is 0 Å². The van der Waals surface area contributed by atoms with Crippen LogP contribution in [0.2, 0.25) is 0 Å². The van der Waals surface area contributed by atoms with E-state index < -0.39 is 0 Å². The van der Waals surface area contributed by atoms with Crippen molar-refractivity contribution in [2.45, 2.75) is 32.4 Å². The van der Waals surface area contributed by atoms with Gasteiger partial charge in [0.15, 0.2) is 5.76 Å². The van der Waals surface area contributed by atoms with Crippen LogP contribution < -0.4 is 5.73 Å². The molecule has 1 atom stereocenters. The van der Waals surface area contributed by atoms with Crippen LogP contribution in [-0.4, -0.2) is 9.72 Å². The van der Waals surface area contributed by atoms with Crippen LogP contribution in [0.5, 0.6) is 0 Å². The number of aryl methyl sites for hydroxylation is 1. The molecule has 0 amide bonds. The lowest BCUT2D eigenvalue weighted by Gasteiger charge is -2.06. The molecule has 17 heavy (non-hydrogen) atoms. The Morgan fingerprint density at radius 1 is 1.59 bits per heavy atom. The highest BCUT2D eigenvalue weighted by atomic mass is 16.5. The number of hydrogen-bond donors (Lipinski definition) is 1. The first kappa shape index (κ1) is 10.6. The molecule has 0 saturated heterocycles. The first-order valence-corrected chi connectivity index (χ1v) is 6.06. The maximum absolute atomic E-state index is 6.16. The fourth-order valence-electron chi connectivity index (χ4n) is 2.15. The smallest absolute Gasteiger partial charge is 0.156 e. The zero-order chi connectivity index (χ0) is 11.8. The van der Waals surface area contributed by atoms with Crippen LogP contribution in [0, 0.1) is 12.8 Å². The summed E-state index contributed by atoms with van der Waals surface area (Å²) in [5, 5.41) is 3.88. The largest absolute Gasteiger partial charge is 0.359 e. The van der Waals surface area contributed by atoms with E-state index in [2.05, 4.69) is 28.2 Å². The van der Waals surface area contributed by atoms with E-state index >= 15 is 0 Å². The summed E-state index contributed by atoms with van der Waals surface area (Å²) in [7, 11) is 0. The van der Waals surface area contributed by atoms with Gasteiger partial charge in [-0.3, -0.25) is 0 Å². The van der Waals surface area contributed by atoms with Crippen molar-refractivity contribution in [3.8, 4) is 0 Å². The molecular formula is C13H17N3O. The molecule has 2 aromatic heterocycles. The highest BCUT2D eigenvalue weighted by Crippen LogP contribution is 2.39. The molecule has 0 bridgehead atoms. The van der Waals surface area contributed by atoms with Crippen LogP contribution in [0.25, 0.3) is 0 Å². The first-order chi connectivity index (χ1) is 8.22. The molecule has 1 aliphatic rings. The van der Waals surface area contributed by atoms with Gasteiger partial charge in [0.1, 0.15) is 0 Å². The van der Waals surface area contributed by atoms with Crippen LogP contribution in [0.15, 0.2) is 29.0 Å². The molecule has 2 heterocycles. The van der Waals surface area contributed by atoms with Gasteiger partial charge in [-0.1, -0.05) is 5.16 Å². The lowest BCUT2D eigenvalue weighted by Crippen LogP contribution is -2.11. The molecule has 2 aromatic rings. The van der Waals surface area contributed by atoms with Gasteiger partial charge < -0.3 is 14.8 Å². The lowest BCUT2D eigenvalue weighted by molar-refractivity contribution is 0.373. The Morgan fingerprint density at radius 2 is 2.41 bits per heavy atom. The van der Waals surface area contributed by atoms with Crippen molar-refractivity contribution in [3.05, 3.63) is 41.5 Å². The zero-order valence-corrected chi connectivity index (χ0v) is 9.97. The van der Waals surface area contributed by atoms with Crippen molar-refractivity contribution in [2.75, 3.05) is 0 Å². The molecule has 1 aliphatic carbocycles. The summed E-state index contributed by atoms with van der Waals surface area (Å²) in [5.74, 6) is 1.57. The summed E-state index contributed by atoms with van der Waals surface area (Å²) in [6, 6.07) is 4.26. The fraction of sp³-hybridized carbons (Fsp3) is 0.462. The van der Waals surface area contributed by atoms with Crippen LogP contribution >= 0.6 is 0 Å². The van der Waals surface area contributed by atoms with Gasteiger partial charge in [-0.05, 0) is 37.3 Å². The third kappa shape index (κ3) is 2.26. The summed E-state index contributed by atoms with van der Waals surface area (Å²) < 4.78 is 7.29. The van der Waals surface area contributed by atoms with E-state index in [9.17, 15) is 0 Å². The lowest BCUT2D eigenvalue weighted by atomic mass is 10.1. The van der Waals surface area contributed by atoms with Gasteiger partial charge in [-0.2, -0.15) is 0 Å². The Morgan fingerprint density at radius 3 is 3.06 bits per heavy atom. The third-order valence-electron chi connectivity index (χ3n) is 3.30. The molecule has 1 unspecified atom stereocenters. The van der Waals surface area contributed by atoms with Crippen molar-refractivity contribution in [3.63, 3.8) is 0 Å². The Kier molecular flexibility index (Phi) is 2.52. The molecule has 90 valence electrons. The van der Waals surface area contributed by atoms with E-state index in [0.29, 0.717) is 5.92 Å². The van der Waals surface area contributed by atoms with Crippen molar-refractivity contribution >= 4 is 0 Å². The van der Waals surface area contributed by atoms with Crippen LogP contribution in [0.4, 0.5) is 0 Å². The standard InChI is InChI=1S/C13H17N3O/c1-9-6-12(17-15-9)8-16-5-4-11(7-16)13(14)10-2-3-10/h4-7,10,13H,2-3,8,14H2,1H3. The number of aromatic nitrogens is 2. The second kappa shape index (κ2) is 4.04. The molecule has 0 aromatic carbocycles. The van der Waals surface area contributed by atoms with Crippen molar-refractivity contribution < 1.29 is 4.52 Å². The molecule has 0 aliphatic heterocycles. The van der Waals surface area contributed by atoms with Gasteiger partial charge in [-0.25, -0.2) is 0 Å². The predicted octanol–water partition coefficient (Wildman–Crippen LogP) is 2.24. The van der Waals surface area contributed by atoms with E-state index in [0.717, 1.165) is 18.0 Å². The third-order valence-corrected chi connectivity index (χ3v) is 3.30. The van der Waals surface area contributed by atoms with E-state index in [4.69, 9.17) is 10.3 Å². The van der Waals surface area contributed by atoms with Crippen molar-refractivity contribution in [1.29, 1.82) is 0 Å². The molecule has 2 N–H and O–H groups in total. The maximum atomic E-state index is 6.16. The first-order valence-electron chi connectivity index (χ1n) is 6.06.